The number of carbonyl (C=O) groups excluding carboxylic acids is 1. The van der Waals surface area contributed by atoms with E-state index in [1.54, 1.807) is 4.90 Å². The zero-order chi connectivity index (χ0) is 15.5. The summed E-state index contributed by atoms with van der Waals surface area (Å²) in [5.74, 6) is 0. The van der Waals surface area contributed by atoms with Crippen molar-refractivity contribution >= 4 is 6.09 Å². The Kier molecular flexibility index (Phi) is 4.88. The lowest BCUT2D eigenvalue weighted by molar-refractivity contribution is -0.00767. The Bertz CT molecular complexity index is 467. The van der Waals surface area contributed by atoms with Gasteiger partial charge in [0, 0.05) is 12.6 Å². The van der Waals surface area contributed by atoms with Gasteiger partial charge in [-0.05, 0) is 45.6 Å². The number of rotatable bonds is 2. The van der Waals surface area contributed by atoms with E-state index in [0.717, 1.165) is 6.42 Å². The first-order chi connectivity index (χ1) is 9.85. The molecule has 1 aromatic carbocycles. The highest BCUT2D eigenvalue weighted by molar-refractivity contribution is 5.68. The molecule has 1 aliphatic heterocycles. The van der Waals surface area contributed by atoms with E-state index in [1.807, 2.05) is 51.1 Å². The molecular weight excluding hydrogens is 266 g/mol. The molecule has 21 heavy (non-hydrogen) atoms. The third kappa shape index (κ3) is 4.74. The number of amides is 1. The number of aliphatic hydroxyl groups excluding tert-OH is 1. The van der Waals surface area contributed by atoms with Crippen molar-refractivity contribution in [2.45, 2.75) is 57.8 Å². The molecule has 116 valence electrons. The van der Waals surface area contributed by atoms with Gasteiger partial charge < -0.3 is 14.7 Å². The summed E-state index contributed by atoms with van der Waals surface area (Å²) in [6, 6.07) is 10.1. The molecule has 1 aliphatic rings. The lowest BCUT2D eigenvalue weighted by Gasteiger charge is -2.38. The molecule has 0 radical (unpaired) electrons. The highest BCUT2D eigenvalue weighted by Crippen LogP contribution is 2.23. The van der Waals surface area contributed by atoms with Crippen LogP contribution in [0.15, 0.2) is 30.3 Å². The van der Waals surface area contributed by atoms with E-state index < -0.39 is 5.60 Å². The Labute approximate surface area is 126 Å². The van der Waals surface area contributed by atoms with Gasteiger partial charge in [-0.3, -0.25) is 0 Å². The van der Waals surface area contributed by atoms with E-state index in [-0.39, 0.29) is 18.2 Å². The van der Waals surface area contributed by atoms with Crippen molar-refractivity contribution in [3.63, 3.8) is 0 Å². The predicted octanol–water partition coefficient (Wildman–Crippen LogP) is 2.99. The second kappa shape index (κ2) is 6.48. The Hall–Kier alpha value is -1.55. The van der Waals surface area contributed by atoms with Crippen LogP contribution in [0.25, 0.3) is 0 Å². The van der Waals surface area contributed by atoms with Gasteiger partial charge in [0.2, 0.25) is 0 Å². The van der Waals surface area contributed by atoms with Crippen LogP contribution in [0, 0.1) is 0 Å². The van der Waals surface area contributed by atoms with E-state index in [9.17, 15) is 9.90 Å². The van der Waals surface area contributed by atoms with Gasteiger partial charge in [0.1, 0.15) is 5.60 Å². The Morgan fingerprint density at radius 2 is 2.00 bits per heavy atom. The highest BCUT2D eigenvalue weighted by Gasteiger charge is 2.33. The Morgan fingerprint density at radius 3 is 2.62 bits per heavy atom. The van der Waals surface area contributed by atoms with Crippen LogP contribution in [0.2, 0.25) is 0 Å². The van der Waals surface area contributed by atoms with Gasteiger partial charge in [-0.2, -0.15) is 0 Å². The highest BCUT2D eigenvalue weighted by atomic mass is 16.6. The number of piperidine rings is 1. The molecule has 1 fully saturated rings. The van der Waals surface area contributed by atoms with Crippen molar-refractivity contribution in [3.05, 3.63) is 35.9 Å². The largest absolute Gasteiger partial charge is 0.444 e. The van der Waals surface area contributed by atoms with Crippen LogP contribution in [-0.4, -0.2) is 40.4 Å². The van der Waals surface area contributed by atoms with Gasteiger partial charge in [0.15, 0.2) is 0 Å². The van der Waals surface area contributed by atoms with Gasteiger partial charge >= 0.3 is 6.09 Å². The van der Waals surface area contributed by atoms with Crippen molar-refractivity contribution in [1.29, 1.82) is 0 Å². The van der Waals surface area contributed by atoms with E-state index >= 15 is 0 Å². The van der Waals surface area contributed by atoms with Gasteiger partial charge in [0.05, 0.1) is 6.10 Å². The van der Waals surface area contributed by atoms with E-state index in [2.05, 4.69) is 0 Å². The predicted molar refractivity (Wildman–Crippen MR) is 82.1 cm³/mol. The number of carbonyl (C=O) groups is 1. The quantitative estimate of drug-likeness (QED) is 0.911. The Morgan fingerprint density at radius 1 is 1.33 bits per heavy atom. The van der Waals surface area contributed by atoms with Gasteiger partial charge in [0.25, 0.3) is 0 Å². The van der Waals surface area contributed by atoms with Crippen LogP contribution in [0.5, 0.6) is 0 Å². The van der Waals surface area contributed by atoms with Crippen molar-refractivity contribution < 1.29 is 14.6 Å². The molecule has 0 unspecified atom stereocenters. The van der Waals surface area contributed by atoms with E-state index in [0.29, 0.717) is 19.4 Å². The molecule has 2 rings (SSSR count). The van der Waals surface area contributed by atoms with Crippen LogP contribution >= 0.6 is 0 Å². The topological polar surface area (TPSA) is 49.8 Å². The number of hydrogen-bond acceptors (Lipinski definition) is 3. The van der Waals surface area contributed by atoms with Crippen LogP contribution < -0.4 is 0 Å². The molecule has 2 atom stereocenters. The van der Waals surface area contributed by atoms with Crippen LogP contribution in [0.1, 0.15) is 39.2 Å². The number of benzene rings is 1. The zero-order valence-electron chi connectivity index (χ0n) is 13.1. The first-order valence-corrected chi connectivity index (χ1v) is 7.57. The molecule has 1 aromatic rings. The molecule has 0 aromatic heterocycles. The third-order valence-electron chi connectivity index (χ3n) is 3.63. The normalized spacial score (nSPS) is 23.0. The summed E-state index contributed by atoms with van der Waals surface area (Å²) in [5, 5.41) is 9.91. The van der Waals surface area contributed by atoms with Crippen molar-refractivity contribution in [1.82, 2.24) is 4.90 Å². The van der Waals surface area contributed by atoms with Crippen LogP contribution in [0.4, 0.5) is 4.79 Å². The van der Waals surface area contributed by atoms with Gasteiger partial charge in [-0.25, -0.2) is 4.79 Å². The summed E-state index contributed by atoms with van der Waals surface area (Å²) in [7, 11) is 0. The van der Waals surface area contributed by atoms with Crippen molar-refractivity contribution in [2.24, 2.45) is 0 Å². The maximum absolute atomic E-state index is 12.3. The summed E-state index contributed by atoms with van der Waals surface area (Å²) >= 11 is 0. The average molecular weight is 291 g/mol. The first-order valence-electron chi connectivity index (χ1n) is 7.57. The third-order valence-corrected chi connectivity index (χ3v) is 3.63. The number of likely N-dealkylation sites (tertiary alicyclic amines) is 1. The molecule has 0 aliphatic carbocycles. The van der Waals surface area contributed by atoms with Gasteiger partial charge in [-0.15, -0.1) is 0 Å². The smallest absolute Gasteiger partial charge is 0.410 e. The number of nitrogens with zero attached hydrogens (tertiary/aromatic N) is 1. The van der Waals surface area contributed by atoms with Crippen molar-refractivity contribution in [3.8, 4) is 0 Å². The summed E-state index contributed by atoms with van der Waals surface area (Å²) in [5.41, 5.74) is 0.676. The fourth-order valence-electron chi connectivity index (χ4n) is 2.67. The standard InChI is InChI=1S/C17H25NO3/c1-17(2,3)21-16(20)18-10-9-15(19)12-14(18)11-13-7-5-4-6-8-13/h4-8,14-15,19H,9-12H2,1-3H3/t14-,15+/m0/s1. The van der Waals surface area contributed by atoms with Crippen LogP contribution in [0.3, 0.4) is 0 Å². The molecule has 0 spiro atoms. The number of hydrogen-bond donors (Lipinski definition) is 1. The molecule has 1 amide bonds. The molecule has 1 saturated heterocycles. The van der Waals surface area contributed by atoms with E-state index in [1.165, 1.54) is 5.56 Å². The fraction of sp³-hybridized carbons (Fsp3) is 0.588. The fourth-order valence-corrected chi connectivity index (χ4v) is 2.67. The monoisotopic (exact) mass is 291 g/mol. The minimum absolute atomic E-state index is 0.00833. The molecular formula is C17H25NO3. The number of aliphatic hydroxyl groups is 1. The average Bonchev–Trinajstić information content (AvgIpc) is 2.37. The minimum atomic E-state index is -0.496. The minimum Gasteiger partial charge on any atom is -0.444 e. The molecule has 1 heterocycles. The Balaban J connectivity index is 2.08. The molecule has 1 N–H and O–H groups in total. The van der Waals surface area contributed by atoms with Crippen molar-refractivity contribution in [2.75, 3.05) is 6.54 Å². The van der Waals surface area contributed by atoms with Crippen LogP contribution in [-0.2, 0) is 11.2 Å². The number of ether oxygens (including phenoxy) is 1. The second-order valence-electron chi connectivity index (χ2n) is 6.70. The van der Waals surface area contributed by atoms with E-state index in [4.69, 9.17) is 4.74 Å². The lowest BCUT2D eigenvalue weighted by Crippen LogP contribution is -2.50. The maximum atomic E-state index is 12.3. The molecule has 0 bridgehead atoms. The first kappa shape index (κ1) is 15.8. The zero-order valence-corrected chi connectivity index (χ0v) is 13.1. The maximum Gasteiger partial charge on any atom is 0.410 e. The molecule has 4 heteroatoms. The summed E-state index contributed by atoms with van der Waals surface area (Å²) in [4.78, 5) is 14.1. The second-order valence-corrected chi connectivity index (χ2v) is 6.70. The molecule has 0 saturated carbocycles. The summed E-state index contributed by atoms with van der Waals surface area (Å²) < 4.78 is 5.49. The lowest BCUT2D eigenvalue weighted by atomic mass is 9.94. The molecule has 4 nitrogen and oxygen atoms in total. The van der Waals surface area contributed by atoms with Gasteiger partial charge in [-0.1, -0.05) is 30.3 Å². The summed E-state index contributed by atoms with van der Waals surface area (Å²) in [6.07, 6.45) is 1.35. The summed E-state index contributed by atoms with van der Waals surface area (Å²) in [6.45, 7) is 6.16. The SMILES string of the molecule is CC(C)(C)OC(=O)N1CC[C@@H](O)C[C@@H]1Cc1ccccc1.